The number of phenolic OH excluding ortho intramolecular Hbond substituents is 2. The summed E-state index contributed by atoms with van der Waals surface area (Å²) in [5, 5.41) is 47.4. The molecule has 4 atom stereocenters. The lowest BCUT2D eigenvalue weighted by Crippen LogP contribution is -2.65. The Morgan fingerprint density at radius 1 is 0.940 bits per heavy atom. The molecular weight excluding hydrogens is 652 g/mol. The number of aromatic hydroxyl groups is 3. The van der Waals surface area contributed by atoms with Gasteiger partial charge in [-0.15, -0.1) is 0 Å². The predicted octanol–water partition coefficient (Wildman–Crippen LogP) is 4.64. The number of hydrogen-bond donors (Lipinski definition) is 6. The number of nitrogens with one attached hydrogen (secondary N) is 1. The molecule has 260 valence electrons. The van der Waals surface area contributed by atoms with Gasteiger partial charge in [0.15, 0.2) is 35.1 Å². The fourth-order valence-electron chi connectivity index (χ4n) is 6.18. The smallest absolute Gasteiger partial charge is 0.404 e. The molecule has 5 aromatic rings. The Hall–Kier alpha value is -5.83. The molecule has 7 N–H and O–H groups in total. The average Bonchev–Trinajstić information content (AvgIpc) is 3.07. The maximum atomic E-state index is 13.4. The van der Waals surface area contributed by atoms with Gasteiger partial charge in [-0.05, 0) is 73.0 Å². The number of nitrogens with two attached hydrogens (primary N) is 1. The van der Waals surface area contributed by atoms with Gasteiger partial charge < -0.3 is 54.8 Å². The minimum absolute atomic E-state index is 0.0153. The highest BCUT2D eigenvalue weighted by molar-refractivity contribution is 6.09. The van der Waals surface area contributed by atoms with Crippen molar-refractivity contribution in [1.29, 1.82) is 0 Å². The summed E-state index contributed by atoms with van der Waals surface area (Å²) >= 11 is 0. The second kappa shape index (κ2) is 12.9. The largest absolute Gasteiger partial charge is 0.505 e. The van der Waals surface area contributed by atoms with E-state index in [0.29, 0.717) is 11.1 Å². The first kappa shape index (κ1) is 34.0. The number of anilines is 1. The topological polar surface area (TPSA) is 220 Å². The van der Waals surface area contributed by atoms with E-state index in [1.54, 1.807) is 19.9 Å². The van der Waals surface area contributed by atoms with Crippen LogP contribution in [0.4, 0.5) is 10.5 Å². The minimum atomic E-state index is -1.55. The zero-order chi connectivity index (χ0) is 36.1. The van der Waals surface area contributed by atoms with Crippen LogP contribution < -0.4 is 21.4 Å². The van der Waals surface area contributed by atoms with Crippen LogP contribution in [0.1, 0.15) is 29.8 Å². The van der Waals surface area contributed by atoms with Crippen LogP contribution in [0, 0.1) is 6.92 Å². The van der Waals surface area contributed by atoms with Crippen LogP contribution in [0.25, 0.3) is 32.9 Å². The van der Waals surface area contributed by atoms with Crippen LogP contribution in [-0.2, 0) is 14.2 Å². The van der Waals surface area contributed by atoms with E-state index in [4.69, 9.17) is 29.1 Å². The van der Waals surface area contributed by atoms with Gasteiger partial charge in [-0.1, -0.05) is 36.4 Å². The number of phenols is 2. The quantitative estimate of drug-likeness (QED) is 0.102. The summed E-state index contributed by atoms with van der Waals surface area (Å²) in [4.78, 5) is 38.1. The van der Waals surface area contributed by atoms with Gasteiger partial charge in [-0.3, -0.25) is 4.79 Å². The molecule has 14 heteroatoms. The van der Waals surface area contributed by atoms with Crippen molar-refractivity contribution in [3.8, 4) is 34.1 Å². The molecule has 14 nitrogen and oxygen atoms in total. The molecule has 4 aromatic carbocycles. The number of rotatable bonds is 7. The van der Waals surface area contributed by atoms with E-state index in [-0.39, 0.29) is 27.8 Å². The molecule has 0 radical (unpaired) electrons. The van der Waals surface area contributed by atoms with E-state index in [1.165, 1.54) is 38.3 Å². The van der Waals surface area contributed by atoms with E-state index in [2.05, 4.69) is 5.32 Å². The normalized spacial score (nSPS) is 20.0. The number of hydrogen-bond acceptors (Lipinski definition) is 12. The lowest BCUT2D eigenvalue weighted by Gasteiger charge is -2.47. The summed E-state index contributed by atoms with van der Waals surface area (Å²) in [5.41, 5.74) is 3.15. The summed E-state index contributed by atoms with van der Waals surface area (Å²) in [5.74, 6) is -2.87. The Labute approximate surface area is 284 Å². The molecule has 2 amide bonds. The zero-order valence-electron chi connectivity index (χ0n) is 27.3. The van der Waals surface area contributed by atoms with Crippen molar-refractivity contribution < 1.29 is 53.4 Å². The first-order valence-electron chi connectivity index (χ1n) is 15.4. The van der Waals surface area contributed by atoms with Crippen molar-refractivity contribution in [2.24, 2.45) is 5.73 Å². The van der Waals surface area contributed by atoms with Gasteiger partial charge in [0, 0.05) is 12.7 Å². The third-order valence-corrected chi connectivity index (χ3v) is 8.67. The number of amides is 2. The third-order valence-electron chi connectivity index (χ3n) is 8.67. The Morgan fingerprint density at radius 3 is 2.36 bits per heavy atom. The SMILES string of the molecule is CO[C@@H]1[C@@H](OC(N)=O)[C@@H](O)[C@H](Oc2ccc3c(O)c(NC(=O)c4cc(-c5ccc6ccccc6c5)cc(O)c4O)c(=O)oc3c2C)OC1(C)C. The third kappa shape index (κ3) is 6.11. The number of carbonyl (C=O) groups excluding carboxylic acids is 2. The summed E-state index contributed by atoms with van der Waals surface area (Å²) in [6.07, 6.45) is -6.25. The van der Waals surface area contributed by atoms with Gasteiger partial charge in [-0.2, -0.15) is 0 Å². The van der Waals surface area contributed by atoms with Gasteiger partial charge in [0.1, 0.15) is 17.4 Å². The van der Waals surface area contributed by atoms with Crippen molar-refractivity contribution in [1.82, 2.24) is 0 Å². The van der Waals surface area contributed by atoms with E-state index in [0.717, 1.165) is 10.8 Å². The molecule has 0 aliphatic carbocycles. The van der Waals surface area contributed by atoms with Gasteiger partial charge >= 0.3 is 11.7 Å². The molecule has 1 aliphatic heterocycles. The molecule has 0 bridgehead atoms. The molecule has 1 aliphatic rings. The second-order valence-corrected chi connectivity index (χ2v) is 12.3. The van der Waals surface area contributed by atoms with E-state index in [1.807, 2.05) is 36.4 Å². The van der Waals surface area contributed by atoms with Gasteiger partial charge in [-0.25, -0.2) is 9.59 Å². The number of aliphatic hydroxyl groups is 1. The molecule has 1 aromatic heterocycles. The number of primary amides is 1. The van der Waals surface area contributed by atoms with E-state index in [9.17, 15) is 34.8 Å². The maximum absolute atomic E-state index is 13.4. The first-order chi connectivity index (χ1) is 23.7. The number of carbonyl (C=O) groups is 2. The summed E-state index contributed by atoms with van der Waals surface area (Å²) in [6, 6.07) is 18.6. The van der Waals surface area contributed by atoms with Crippen molar-refractivity contribution >= 4 is 39.4 Å². The Bertz CT molecular complexity index is 2210. The van der Waals surface area contributed by atoms with E-state index >= 15 is 0 Å². The second-order valence-electron chi connectivity index (χ2n) is 12.3. The molecule has 0 unspecified atom stereocenters. The Morgan fingerprint density at radius 2 is 1.66 bits per heavy atom. The first-order valence-corrected chi connectivity index (χ1v) is 15.4. The number of methoxy groups -OCH3 is 1. The van der Waals surface area contributed by atoms with Gasteiger partial charge in [0.25, 0.3) is 5.91 Å². The van der Waals surface area contributed by atoms with Crippen LogP contribution in [0.2, 0.25) is 0 Å². The monoisotopic (exact) mass is 686 g/mol. The molecular formula is C36H34N2O12. The summed E-state index contributed by atoms with van der Waals surface area (Å²) < 4.78 is 27.9. The fourth-order valence-corrected chi connectivity index (χ4v) is 6.18. The Kier molecular flexibility index (Phi) is 8.78. The van der Waals surface area contributed by atoms with Crippen molar-refractivity contribution in [2.75, 3.05) is 12.4 Å². The van der Waals surface area contributed by atoms with Crippen molar-refractivity contribution in [2.45, 2.75) is 51.0 Å². The van der Waals surface area contributed by atoms with Crippen molar-refractivity contribution in [3.05, 3.63) is 88.3 Å². The summed E-state index contributed by atoms with van der Waals surface area (Å²) in [6.45, 7) is 4.80. The molecule has 0 spiro atoms. The molecule has 0 saturated carbocycles. The van der Waals surface area contributed by atoms with Crippen molar-refractivity contribution in [3.63, 3.8) is 0 Å². The van der Waals surface area contributed by atoms with Crippen LogP contribution in [0.5, 0.6) is 23.0 Å². The molecule has 50 heavy (non-hydrogen) atoms. The maximum Gasteiger partial charge on any atom is 0.404 e. The molecule has 1 saturated heterocycles. The lowest BCUT2D eigenvalue weighted by atomic mass is 9.89. The van der Waals surface area contributed by atoms with Crippen LogP contribution in [0.3, 0.4) is 0 Å². The summed E-state index contributed by atoms with van der Waals surface area (Å²) in [7, 11) is 1.36. The van der Waals surface area contributed by atoms with Gasteiger partial charge in [0.05, 0.1) is 16.6 Å². The standard InChI is InChI=1S/C36H34N2O12/c1-16-24(47-34-28(42)30(49-35(37)45)31(46-4)36(2,3)50-34)12-11-21-27(41)25(33(44)48-29(16)21)38-32(43)22-14-20(15-23(39)26(22)40)19-10-9-17-7-5-6-8-18(17)13-19/h5-15,28,30-31,34,39-42H,1-4H3,(H2,37,45)(H,38,43)/t28-,30+,31-,34-/m1/s1. The van der Waals surface area contributed by atoms with Crippen LogP contribution >= 0.6 is 0 Å². The zero-order valence-corrected chi connectivity index (χ0v) is 27.3. The number of aliphatic hydroxyl groups excluding tert-OH is 1. The number of aryl methyl sites for hydroxylation is 1. The predicted molar refractivity (Wildman–Crippen MR) is 180 cm³/mol. The lowest BCUT2D eigenvalue weighted by molar-refractivity contribution is -0.304. The van der Waals surface area contributed by atoms with E-state index < -0.39 is 70.8 Å². The van der Waals surface area contributed by atoms with Crippen LogP contribution in [-0.4, -0.2) is 69.7 Å². The highest BCUT2D eigenvalue weighted by atomic mass is 16.7. The minimum Gasteiger partial charge on any atom is -0.505 e. The molecule has 1 fully saturated rings. The molecule has 2 heterocycles. The Balaban J connectivity index is 1.30. The fraction of sp³-hybridized carbons (Fsp3) is 0.250. The number of ether oxygens (including phenoxy) is 4. The van der Waals surface area contributed by atoms with Crippen LogP contribution in [0.15, 0.2) is 75.9 Å². The average molecular weight is 687 g/mol. The number of fused-ring (bicyclic) bond motifs is 2. The molecule has 6 rings (SSSR count). The highest BCUT2D eigenvalue weighted by Crippen LogP contribution is 2.40. The number of benzene rings is 4. The van der Waals surface area contributed by atoms with Gasteiger partial charge in [0.2, 0.25) is 6.29 Å². The highest BCUT2D eigenvalue weighted by Gasteiger charge is 2.53.